The van der Waals surface area contributed by atoms with E-state index in [0.717, 1.165) is 20.3 Å². The maximum Gasteiger partial charge on any atom is 0.270 e. The first kappa shape index (κ1) is 9.17. The third-order valence-electron chi connectivity index (χ3n) is 2.33. The number of nitrogens with zero attached hydrogens (tertiary/aromatic N) is 3. The van der Waals surface area contributed by atoms with Crippen LogP contribution in [-0.2, 0) is 0 Å². The zero-order chi connectivity index (χ0) is 11.1. The Balaban J connectivity index is 2.44. The van der Waals surface area contributed by atoms with Crippen molar-refractivity contribution in [2.45, 2.75) is 0 Å². The molecule has 0 bridgehead atoms. The van der Waals surface area contributed by atoms with E-state index < -0.39 is 4.92 Å². The molecule has 0 aliphatic heterocycles. The fraction of sp³-hybridized carbons (Fsp3) is 0. The smallest absolute Gasteiger partial charge is 0.258 e. The van der Waals surface area contributed by atoms with Gasteiger partial charge >= 0.3 is 0 Å². The normalized spacial score (nSPS) is 11.0. The fourth-order valence-electron chi connectivity index (χ4n) is 1.62. The lowest BCUT2D eigenvalue weighted by Gasteiger charge is -1.91. The van der Waals surface area contributed by atoms with E-state index in [1.807, 2.05) is 0 Å². The Kier molecular flexibility index (Phi) is 1.84. The standard InChI is InChI=1S/C10H5N3O2S/c14-13(15)6-1-2-8-7(3-6)10-9(16-8)4-11-5-12-10/h1-5H. The van der Waals surface area contributed by atoms with Gasteiger partial charge in [-0.2, -0.15) is 0 Å². The van der Waals surface area contributed by atoms with Gasteiger partial charge in [-0.3, -0.25) is 10.1 Å². The molecule has 6 heteroatoms. The van der Waals surface area contributed by atoms with Crippen molar-refractivity contribution in [2.75, 3.05) is 0 Å². The van der Waals surface area contributed by atoms with Crippen LogP contribution in [0.15, 0.2) is 30.7 Å². The van der Waals surface area contributed by atoms with Crippen LogP contribution >= 0.6 is 11.3 Å². The molecule has 0 aliphatic rings. The minimum atomic E-state index is -0.399. The summed E-state index contributed by atoms with van der Waals surface area (Å²) in [5.41, 5.74) is 0.865. The first-order chi connectivity index (χ1) is 7.75. The summed E-state index contributed by atoms with van der Waals surface area (Å²) in [6.07, 6.45) is 3.17. The number of rotatable bonds is 1. The summed E-state index contributed by atoms with van der Waals surface area (Å²) in [6.45, 7) is 0. The SMILES string of the molecule is O=[N+]([O-])c1ccc2sc3cncnc3c2c1. The molecule has 0 saturated carbocycles. The molecule has 2 aromatic heterocycles. The van der Waals surface area contributed by atoms with Gasteiger partial charge in [-0.1, -0.05) is 0 Å². The van der Waals surface area contributed by atoms with Gasteiger partial charge in [0, 0.05) is 28.4 Å². The largest absolute Gasteiger partial charge is 0.270 e. The van der Waals surface area contributed by atoms with E-state index in [2.05, 4.69) is 9.97 Å². The molecule has 0 unspecified atom stereocenters. The molecule has 0 fully saturated rings. The summed E-state index contributed by atoms with van der Waals surface area (Å²) in [6, 6.07) is 4.81. The van der Waals surface area contributed by atoms with Crippen LogP contribution in [0.4, 0.5) is 5.69 Å². The second-order valence-corrected chi connectivity index (χ2v) is 4.36. The van der Waals surface area contributed by atoms with Gasteiger partial charge in [0.15, 0.2) is 0 Å². The summed E-state index contributed by atoms with van der Waals surface area (Å²) in [5.74, 6) is 0. The molecule has 1 aromatic carbocycles. The van der Waals surface area contributed by atoms with E-state index in [0.29, 0.717) is 0 Å². The van der Waals surface area contributed by atoms with Gasteiger partial charge < -0.3 is 0 Å². The van der Waals surface area contributed by atoms with Crippen LogP contribution in [0.5, 0.6) is 0 Å². The average Bonchev–Trinajstić information content (AvgIpc) is 2.66. The number of aromatic nitrogens is 2. The monoisotopic (exact) mass is 231 g/mol. The molecule has 0 aliphatic carbocycles. The van der Waals surface area contributed by atoms with Crippen LogP contribution in [0, 0.1) is 10.1 Å². The molecule has 78 valence electrons. The van der Waals surface area contributed by atoms with Crippen molar-refractivity contribution in [1.82, 2.24) is 9.97 Å². The van der Waals surface area contributed by atoms with Crippen molar-refractivity contribution in [2.24, 2.45) is 0 Å². The van der Waals surface area contributed by atoms with Crippen LogP contribution in [0.2, 0.25) is 0 Å². The summed E-state index contributed by atoms with van der Waals surface area (Å²) in [7, 11) is 0. The summed E-state index contributed by atoms with van der Waals surface area (Å²) in [5, 5.41) is 11.5. The van der Waals surface area contributed by atoms with Crippen LogP contribution in [0.25, 0.3) is 20.3 Å². The van der Waals surface area contributed by atoms with Gasteiger partial charge in [0.2, 0.25) is 0 Å². The van der Waals surface area contributed by atoms with Gasteiger partial charge in [-0.15, -0.1) is 11.3 Å². The average molecular weight is 231 g/mol. The minimum Gasteiger partial charge on any atom is -0.258 e. The molecule has 2 heterocycles. The van der Waals surface area contributed by atoms with Crippen LogP contribution in [0.3, 0.4) is 0 Å². The maximum atomic E-state index is 10.7. The zero-order valence-electron chi connectivity index (χ0n) is 7.95. The topological polar surface area (TPSA) is 68.9 Å². The lowest BCUT2D eigenvalue weighted by atomic mass is 10.2. The van der Waals surface area contributed by atoms with E-state index in [4.69, 9.17) is 0 Å². The maximum absolute atomic E-state index is 10.7. The molecule has 0 amide bonds. The van der Waals surface area contributed by atoms with Crippen molar-refractivity contribution in [3.8, 4) is 0 Å². The molecular formula is C10H5N3O2S. The summed E-state index contributed by atoms with van der Waals surface area (Å²) in [4.78, 5) is 18.4. The van der Waals surface area contributed by atoms with Crippen LogP contribution < -0.4 is 0 Å². The third-order valence-corrected chi connectivity index (χ3v) is 3.42. The number of benzene rings is 1. The molecule has 3 rings (SSSR count). The molecule has 0 N–H and O–H groups in total. The van der Waals surface area contributed by atoms with Gasteiger partial charge in [-0.05, 0) is 6.07 Å². The van der Waals surface area contributed by atoms with Crippen molar-refractivity contribution >= 4 is 37.3 Å². The zero-order valence-corrected chi connectivity index (χ0v) is 8.77. The highest BCUT2D eigenvalue weighted by atomic mass is 32.1. The van der Waals surface area contributed by atoms with Crippen molar-refractivity contribution in [3.05, 3.63) is 40.8 Å². The van der Waals surface area contributed by atoms with Gasteiger partial charge in [-0.25, -0.2) is 9.97 Å². The summed E-state index contributed by atoms with van der Waals surface area (Å²) < 4.78 is 1.93. The lowest BCUT2D eigenvalue weighted by Crippen LogP contribution is -1.86. The Hall–Kier alpha value is -2.08. The van der Waals surface area contributed by atoms with Crippen LogP contribution in [0.1, 0.15) is 0 Å². The van der Waals surface area contributed by atoms with Gasteiger partial charge in [0.05, 0.1) is 15.1 Å². The molecular weight excluding hydrogens is 226 g/mol. The minimum absolute atomic E-state index is 0.0887. The predicted octanol–water partition coefficient (Wildman–Crippen LogP) is 2.75. The van der Waals surface area contributed by atoms with Crippen molar-refractivity contribution < 1.29 is 4.92 Å². The Morgan fingerprint density at radius 1 is 1.31 bits per heavy atom. The molecule has 0 saturated heterocycles. The molecule has 0 spiro atoms. The number of nitro groups is 1. The third kappa shape index (κ3) is 1.24. The molecule has 16 heavy (non-hydrogen) atoms. The highest BCUT2D eigenvalue weighted by Crippen LogP contribution is 2.33. The first-order valence-corrected chi connectivity index (χ1v) is 5.34. The summed E-state index contributed by atoms with van der Waals surface area (Å²) >= 11 is 1.53. The van der Waals surface area contributed by atoms with E-state index >= 15 is 0 Å². The second kappa shape index (κ2) is 3.21. The first-order valence-electron chi connectivity index (χ1n) is 4.52. The predicted molar refractivity (Wildman–Crippen MR) is 61.6 cm³/mol. The van der Waals surface area contributed by atoms with Crippen molar-refractivity contribution in [3.63, 3.8) is 0 Å². The quantitative estimate of drug-likeness (QED) is 0.477. The van der Waals surface area contributed by atoms with Gasteiger partial charge in [0.1, 0.15) is 6.33 Å². The second-order valence-electron chi connectivity index (χ2n) is 3.28. The lowest BCUT2D eigenvalue weighted by molar-refractivity contribution is -0.384. The number of non-ortho nitro benzene ring substituents is 1. The number of nitro benzene ring substituents is 1. The van der Waals surface area contributed by atoms with E-state index in [9.17, 15) is 10.1 Å². The molecule has 5 nitrogen and oxygen atoms in total. The van der Waals surface area contributed by atoms with E-state index in [1.54, 1.807) is 18.3 Å². The van der Waals surface area contributed by atoms with Crippen molar-refractivity contribution in [1.29, 1.82) is 0 Å². The van der Waals surface area contributed by atoms with Crippen LogP contribution in [-0.4, -0.2) is 14.9 Å². The fourth-order valence-corrected chi connectivity index (χ4v) is 2.63. The Bertz CT molecular complexity index is 707. The van der Waals surface area contributed by atoms with E-state index in [1.165, 1.54) is 23.7 Å². The number of fused-ring (bicyclic) bond motifs is 3. The Morgan fingerprint density at radius 3 is 3.00 bits per heavy atom. The molecule has 0 atom stereocenters. The number of thiophene rings is 1. The van der Waals surface area contributed by atoms with Gasteiger partial charge in [0.25, 0.3) is 5.69 Å². The molecule has 0 radical (unpaired) electrons. The Morgan fingerprint density at radius 2 is 2.19 bits per heavy atom. The highest BCUT2D eigenvalue weighted by molar-refractivity contribution is 7.25. The number of hydrogen-bond donors (Lipinski definition) is 0. The Labute approximate surface area is 93.5 Å². The molecule has 3 aromatic rings. The number of hydrogen-bond acceptors (Lipinski definition) is 5. The highest BCUT2D eigenvalue weighted by Gasteiger charge is 2.11. The van der Waals surface area contributed by atoms with E-state index in [-0.39, 0.29) is 5.69 Å².